The van der Waals surface area contributed by atoms with Crippen molar-refractivity contribution in [1.29, 1.82) is 0 Å². The van der Waals surface area contributed by atoms with Crippen molar-refractivity contribution in [2.75, 3.05) is 39.8 Å². The molecule has 22 heavy (non-hydrogen) atoms. The van der Waals surface area contributed by atoms with Crippen LogP contribution in [0.4, 0.5) is 0 Å². The second kappa shape index (κ2) is 6.49. The van der Waals surface area contributed by atoms with Gasteiger partial charge in [0.05, 0.1) is 6.54 Å². The highest BCUT2D eigenvalue weighted by Gasteiger charge is 2.47. The second-order valence-corrected chi connectivity index (χ2v) is 6.76. The van der Waals surface area contributed by atoms with Crippen molar-refractivity contribution in [3.8, 4) is 0 Å². The van der Waals surface area contributed by atoms with Gasteiger partial charge in [0.1, 0.15) is 0 Å². The molecule has 1 heterocycles. The molecule has 3 rings (SSSR count). The van der Waals surface area contributed by atoms with Crippen LogP contribution in [0.5, 0.6) is 0 Å². The van der Waals surface area contributed by atoms with Gasteiger partial charge >= 0.3 is 0 Å². The molecule has 0 amide bonds. The number of hydrogen-bond acceptors (Lipinski definition) is 4. The Labute approximate surface area is 132 Å². The summed E-state index contributed by atoms with van der Waals surface area (Å²) in [6, 6.07) is 9.51. The SMILES string of the molecule is CN1CCN(CC(=O)C(O)(c2ccccc2)C2CCC2)CC1. The van der Waals surface area contributed by atoms with E-state index in [1.807, 2.05) is 30.3 Å². The molecular weight excluding hydrogens is 276 g/mol. The molecule has 1 unspecified atom stereocenters. The highest BCUT2D eigenvalue weighted by atomic mass is 16.3. The molecule has 4 nitrogen and oxygen atoms in total. The Morgan fingerprint density at radius 3 is 2.36 bits per heavy atom. The molecule has 4 heteroatoms. The largest absolute Gasteiger partial charge is 0.377 e. The number of ketones is 1. The molecule has 1 saturated heterocycles. The molecule has 1 atom stereocenters. The van der Waals surface area contributed by atoms with Crippen LogP contribution in [0.1, 0.15) is 24.8 Å². The first-order chi connectivity index (χ1) is 10.6. The molecule has 1 aromatic rings. The fourth-order valence-electron chi connectivity index (χ4n) is 3.47. The highest BCUT2D eigenvalue weighted by molar-refractivity contribution is 5.90. The van der Waals surface area contributed by atoms with E-state index < -0.39 is 5.60 Å². The molecule has 1 saturated carbocycles. The van der Waals surface area contributed by atoms with E-state index in [9.17, 15) is 9.90 Å². The molecule has 0 bridgehead atoms. The third-order valence-electron chi connectivity index (χ3n) is 5.30. The molecule has 2 fully saturated rings. The van der Waals surface area contributed by atoms with E-state index in [0.29, 0.717) is 6.54 Å². The van der Waals surface area contributed by atoms with Crippen LogP contribution in [0.25, 0.3) is 0 Å². The number of piperazine rings is 1. The fourth-order valence-corrected chi connectivity index (χ4v) is 3.47. The number of benzene rings is 1. The standard InChI is InChI=1S/C18H26N2O2/c1-19-10-12-20(13-11-19)14-17(21)18(22,16-8-5-9-16)15-6-3-2-4-7-15/h2-4,6-7,16,22H,5,8-14H2,1H3. The monoisotopic (exact) mass is 302 g/mol. The van der Waals surface area contributed by atoms with Crippen molar-refractivity contribution in [2.24, 2.45) is 5.92 Å². The van der Waals surface area contributed by atoms with E-state index in [4.69, 9.17) is 0 Å². The van der Waals surface area contributed by atoms with E-state index in [1.165, 1.54) is 0 Å². The first kappa shape index (κ1) is 15.7. The maximum absolute atomic E-state index is 12.9. The number of nitrogens with zero attached hydrogens (tertiary/aromatic N) is 2. The number of carbonyl (C=O) groups is 1. The molecule has 0 radical (unpaired) electrons. The summed E-state index contributed by atoms with van der Waals surface area (Å²) in [4.78, 5) is 17.4. The molecule has 1 aromatic carbocycles. The summed E-state index contributed by atoms with van der Waals surface area (Å²) in [5.74, 6) is 0.0443. The van der Waals surface area contributed by atoms with Crippen molar-refractivity contribution < 1.29 is 9.90 Å². The van der Waals surface area contributed by atoms with E-state index in [-0.39, 0.29) is 11.7 Å². The third kappa shape index (κ3) is 2.96. The normalized spacial score (nSPS) is 23.7. The Kier molecular flexibility index (Phi) is 4.62. The van der Waals surface area contributed by atoms with Crippen molar-refractivity contribution >= 4 is 5.78 Å². The number of Topliss-reactive ketones (excluding diaryl/α,β-unsaturated/α-hetero) is 1. The van der Waals surface area contributed by atoms with Gasteiger partial charge < -0.3 is 10.0 Å². The maximum atomic E-state index is 12.9. The van der Waals surface area contributed by atoms with Gasteiger partial charge in [-0.2, -0.15) is 0 Å². The molecule has 1 aliphatic carbocycles. The van der Waals surface area contributed by atoms with E-state index in [1.54, 1.807) is 0 Å². The van der Waals surface area contributed by atoms with Crippen molar-refractivity contribution in [1.82, 2.24) is 9.80 Å². The first-order valence-corrected chi connectivity index (χ1v) is 8.33. The molecule has 2 aliphatic rings. The van der Waals surface area contributed by atoms with Crippen LogP contribution in [0.2, 0.25) is 0 Å². The van der Waals surface area contributed by atoms with Gasteiger partial charge in [0.15, 0.2) is 11.4 Å². The fraction of sp³-hybridized carbons (Fsp3) is 0.611. The number of hydrogen-bond donors (Lipinski definition) is 1. The van der Waals surface area contributed by atoms with Gasteiger partial charge in [-0.25, -0.2) is 0 Å². The molecule has 1 aliphatic heterocycles. The zero-order valence-corrected chi connectivity index (χ0v) is 13.4. The zero-order valence-electron chi connectivity index (χ0n) is 13.4. The molecule has 120 valence electrons. The minimum absolute atomic E-state index is 0.0343. The molecule has 0 aromatic heterocycles. The highest BCUT2D eigenvalue weighted by Crippen LogP contribution is 2.43. The lowest BCUT2D eigenvalue weighted by molar-refractivity contribution is -0.151. The summed E-state index contributed by atoms with van der Waals surface area (Å²) in [5, 5.41) is 11.3. The first-order valence-electron chi connectivity index (χ1n) is 8.33. The zero-order chi connectivity index (χ0) is 15.6. The predicted molar refractivity (Wildman–Crippen MR) is 86.6 cm³/mol. The number of aliphatic hydroxyl groups is 1. The predicted octanol–water partition coefficient (Wildman–Crippen LogP) is 1.49. The Hall–Kier alpha value is -1.23. The van der Waals surface area contributed by atoms with Crippen LogP contribution in [-0.4, -0.2) is 60.5 Å². The van der Waals surface area contributed by atoms with Gasteiger partial charge in [-0.3, -0.25) is 9.69 Å². The minimum atomic E-state index is -1.30. The van der Waals surface area contributed by atoms with Crippen LogP contribution >= 0.6 is 0 Å². The lowest BCUT2D eigenvalue weighted by Crippen LogP contribution is -2.53. The lowest BCUT2D eigenvalue weighted by atomic mass is 9.67. The van der Waals surface area contributed by atoms with Crippen LogP contribution in [0, 0.1) is 5.92 Å². The summed E-state index contributed by atoms with van der Waals surface area (Å²) in [7, 11) is 2.10. The molecule has 0 spiro atoms. The van der Waals surface area contributed by atoms with Crippen molar-refractivity contribution in [2.45, 2.75) is 24.9 Å². The number of rotatable bonds is 5. The maximum Gasteiger partial charge on any atom is 0.183 e. The summed E-state index contributed by atoms with van der Waals surface area (Å²) >= 11 is 0. The smallest absolute Gasteiger partial charge is 0.183 e. The van der Waals surface area contributed by atoms with Crippen LogP contribution in [0.15, 0.2) is 30.3 Å². The Morgan fingerprint density at radius 1 is 1.18 bits per heavy atom. The number of likely N-dealkylation sites (N-methyl/N-ethyl adjacent to an activating group) is 1. The van der Waals surface area contributed by atoms with Crippen molar-refractivity contribution in [3.05, 3.63) is 35.9 Å². The molecular formula is C18H26N2O2. The van der Waals surface area contributed by atoms with E-state index >= 15 is 0 Å². The summed E-state index contributed by atoms with van der Waals surface area (Å²) in [5.41, 5.74) is -0.540. The van der Waals surface area contributed by atoms with Crippen LogP contribution in [-0.2, 0) is 10.4 Å². The molecule has 1 N–H and O–H groups in total. The summed E-state index contributed by atoms with van der Waals surface area (Å²) in [6.07, 6.45) is 3.00. The minimum Gasteiger partial charge on any atom is -0.377 e. The van der Waals surface area contributed by atoms with Gasteiger partial charge in [-0.1, -0.05) is 36.8 Å². The summed E-state index contributed by atoms with van der Waals surface area (Å²) in [6.45, 7) is 4.13. The van der Waals surface area contributed by atoms with Gasteiger partial charge in [0, 0.05) is 26.2 Å². The van der Waals surface area contributed by atoms with Gasteiger partial charge in [0.2, 0.25) is 0 Å². The van der Waals surface area contributed by atoms with Crippen LogP contribution in [0.3, 0.4) is 0 Å². The third-order valence-corrected chi connectivity index (χ3v) is 5.30. The topological polar surface area (TPSA) is 43.8 Å². The van der Waals surface area contributed by atoms with Gasteiger partial charge in [0.25, 0.3) is 0 Å². The number of carbonyl (C=O) groups excluding carboxylic acids is 1. The quantitative estimate of drug-likeness (QED) is 0.895. The Morgan fingerprint density at radius 2 is 1.82 bits per heavy atom. The average molecular weight is 302 g/mol. The second-order valence-electron chi connectivity index (χ2n) is 6.76. The van der Waals surface area contributed by atoms with E-state index in [2.05, 4.69) is 16.8 Å². The lowest BCUT2D eigenvalue weighted by Gasteiger charge is -2.42. The van der Waals surface area contributed by atoms with Crippen molar-refractivity contribution in [3.63, 3.8) is 0 Å². The van der Waals surface area contributed by atoms with Gasteiger partial charge in [-0.15, -0.1) is 0 Å². The van der Waals surface area contributed by atoms with Gasteiger partial charge in [-0.05, 0) is 31.4 Å². The Balaban J connectivity index is 1.76. The average Bonchev–Trinajstić information content (AvgIpc) is 2.48. The van der Waals surface area contributed by atoms with Crippen LogP contribution < -0.4 is 0 Å². The van der Waals surface area contributed by atoms with E-state index in [0.717, 1.165) is 51.0 Å². The summed E-state index contributed by atoms with van der Waals surface area (Å²) < 4.78 is 0. The Bertz CT molecular complexity index is 507.